The Labute approximate surface area is 80.8 Å². The van der Waals surface area contributed by atoms with E-state index in [4.69, 9.17) is 5.73 Å². The van der Waals surface area contributed by atoms with Gasteiger partial charge in [-0.15, -0.1) is 0 Å². The third-order valence-corrected chi connectivity index (χ3v) is 3.69. The average Bonchev–Trinajstić information content (AvgIpc) is 2.54. The summed E-state index contributed by atoms with van der Waals surface area (Å²) in [5.74, 6) is 0.749. The minimum absolute atomic E-state index is 0.112. The van der Waals surface area contributed by atoms with Gasteiger partial charge >= 0.3 is 0 Å². The molecule has 1 heterocycles. The van der Waals surface area contributed by atoms with Gasteiger partial charge in [-0.3, -0.25) is 0 Å². The van der Waals surface area contributed by atoms with Crippen LogP contribution in [0.25, 0.3) is 0 Å². The summed E-state index contributed by atoms with van der Waals surface area (Å²) in [6.07, 6.45) is 9.27. The first kappa shape index (κ1) is 9.22. The topological polar surface area (TPSA) is 29.3 Å². The van der Waals surface area contributed by atoms with Gasteiger partial charge in [0.1, 0.15) is 0 Å². The lowest BCUT2D eigenvalue weighted by Gasteiger charge is -2.39. The highest BCUT2D eigenvalue weighted by atomic mass is 15.1. The van der Waals surface area contributed by atoms with Crippen LogP contribution in [0, 0.1) is 5.92 Å². The van der Waals surface area contributed by atoms with Crippen LogP contribution < -0.4 is 5.73 Å². The highest BCUT2D eigenvalue weighted by molar-refractivity contribution is 5.09. The number of hydrogen-bond acceptors (Lipinski definition) is 2. The minimum Gasteiger partial charge on any atom is -0.324 e. The Balaban J connectivity index is 1.94. The van der Waals surface area contributed by atoms with Crippen molar-refractivity contribution in [2.45, 2.75) is 31.2 Å². The average molecular weight is 180 g/mol. The van der Waals surface area contributed by atoms with Crippen molar-refractivity contribution in [1.29, 1.82) is 0 Å². The largest absolute Gasteiger partial charge is 0.324 e. The Morgan fingerprint density at radius 1 is 1.23 bits per heavy atom. The summed E-state index contributed by atoms with van der Waals surface area (Å²) in [6, 6.07) is 0. The van der Waals surface area contributed by atoms with Crippen LogP contribution >= 0.6 is 0 Å². The number of nitrogens with zero attached hydrogens (tertiary/aromatic N) is 1. The molecule has 1 fully saturated rings. The fraction of sp³-hybridized carbons (Fsp3) is 0.818. The van der Waals surface area contributed by atoms with E-state index >= 15 is 0 Å². The van der Waals surface area contributed by atoms with Gasteiger partial charge in [0.15, 0.2) is 0 Å². The van der Waals surface area contributed by atoms with Crippen molar-refractivity contribution in [1.82, 2.24) is 4.90 Å². The maximum absolute atomic E-state index is 6.40. The van der Waals surface area contributed by atoms with Crippen LogP contribution in [0.1, 0.15) is 25.7 Å². The SMILES string of the molecule is CN1CCC(C2(N)CC=CC2)CC1. The van der Waals surface area contributed by atoms with E-state index in [1.807, 2.05) is 0 Å². The number of rotatable bonds is 1. The summed E-state index contributed by atoms with van der Waals surface area (Å²) in [4.78, 5) is 2.41. The lowest BCUT2D eigenvalue weighted by atomic mass is 9.77. The van der Waals surface area contributed by atoms with Gasteiger partial charge in [0.25, 0.3) is 0 Å². The van der Waals surface area contributed by atoms with Gasteiger partial charge in [0, 0.05) is 5.54 Å². The molecular formula is C11H20N2. The van der Waals surface area contributed by atoms with E-state index in [9.17, 15) is 0 Å². The van der Waals surface area contributed by atoms with Crippen molar-refractivity contribution in [3.05, 3.63) is 12.2 Å². The second-order valence-corrected chi connectivity index (χ2v) is 4.69. The molecule has 0 amide bonds. The van der Waals surface area contributed by atoms with Crippen LogP contribution in [0.4, 0.5) is 0 Å². The molecule has 1 aliphatic carbocycles. The monoisotopic (exact) mass is 180 g/mol. The molecule has 2 N–H and O–H groups in total. The molecule has 0 aromatic rings. The van der Waals surface area contributed by atoms with Crippen LogP contribution in [0.5, 0.6) is 0 Å². The summed E-state index contributed by atoms with van der Waals surface area (Å²) in [5, 5.41) is 0. The van der Waals surface area contributed by atoms with E-state index < -0.39 is 0 Å². The van der Waals surface area contributed by atoms with E-state index in [2.05, 4.69) is 24.1 Å². The van der Waals surface area contributed by atoms with Gasteiger partial charge in [-0.1, -0.05) is 12.2 Å². The normalized spacial score (nSPS) is 29.7. The zero-order valence-electron chi connectivity index (χ0n) is 8.50. The predicted molar refractivity (Wildman–Crippen MR) is 55.5 cm³/mol. The standard InChI is InChI=1S/C11H20N2/c1-13-8-4-10(5-9-13)11(12)6-2-3-7-11/h2-3,10H,4-9,12H2,1H3. The first-order valence-electron chi connectivity index (χ1n) is 5.33. The second kappa shape index (κ2) is 3.43. The van der Waals surface area contributed by atoms with Crippen molar-refractivity contribution in [3.63, 3.8) is 0 Å². The molecule has 0 radical (unpaired) electrons. The molecule has 2 nitrogen and oxygen atoms in total. The smallest absolute Gasteiger partial charge is 0.0253 e. The van der Waals surface area contributed by atoms with E-state index in [-0.39, 0.29) is 5.54 Å². The molecule has 0 atom stereocenters. The van der Waals surface area contributed by atoms with Gasteiger partial charge in [-0.05, 0) is 51.7 Å². The van der Waals surface area contributed by atoms with Gasteiger partial charge < -0.3 is 10.6 Å². The molecule has 0 unspecified atom stereocenters. The molecule has 0 aromatic carbocycles. The minimum atomic E-state index is 0.112. The quantitative estimate of drug-likeness (QED) is 0.618. The third-order valence-electron chi connectivity index (χ3n) is 3.69. The van der Waals surface area contributed by atoms with Gasteiger partial charge in [0.05, 0.1) is 0 Å². The van der Waals surface area contributed by atoms with Crippen LogP contribution in [-0.2, 0) is 0 Å². The second-order valence-electron chi connectivity index (χ2n) is 4.69. The van der Waals surface area contributed by atoms with Crippen molar-refractivity contribution < 1.29 is 0 Å². The first-order chi connectivity index (χ1) is 6.21. The lowest BCUT2D eigenvalue weighted by molar-refractivity contribution is 0.153. The van der Waals surface area contributed by atoms with E-state index in [1.54, 1.807) is 0 Å². The van der Waals surface area contributed by atoms with E-state index in [1.165, 1.54) is 25.9 Å². The van der Waals surface area contributed by atoms with Gasteiger partial charge in [-0.25, -0.2) is 0 Å². The molecule has 0 spiro atoms. The lowest BCUT2D eigenvalue weighted by Crippen LogP contribution is -2.49. The molecule has 74 valence electrons. The van der Waals surface area contributed by atoms with Crippen molar-refractivity contribution in [2.75, 3.05) is 20.1 Å². The van der Waals surface area contributed by atoms with Crippen molar-refractivity contribution in [3.8, 4) is 0 Å². The number of nitrogens with two attached hydrogens (primary N) is 1. The molecule has 2 rings (SSSR count). The molecule has 0 saturated carbocycles. The Bertz CT molecular complexity index is 194. The fourth-order valence-electron chi connectivity index (χ4n) is 2.61. The van der Waals surface area contributed by atoms with Gasteiger partial charge in [-0.2, -0.15) is 0 Å². The molecule has 2 aliphatic rings. The van der Waals surface area contributed by atoms with Crippen molar-refractivity contribution in [2.24, 2.45) is 11.7 Å². The Morgan fingerprint density at radius 2 is 1.77 bits per heavy atom. The van der Waals surface area contributed by atoms with Crippen LogP contribution in [-0.4, -0.2) is 30.6 Å². The molecule has 13 heavy (non-hydrogen) atoms. The van der Waals surface area contributed by atoms with Crippen LogP contribution in [0.15, 0.2) is 12.2 Å². The Morgan fingerprint density at radius 3 is 2.31 bits per heavy atom. The summed E-state index contributed by atoms with van der Waals surface area (Å²) >= 11 is 0. The zero-order valence-corrected chi connectivity index (χ0v) is 8.50. The molecule has 0 aromatic heterocycles. The molecule has 1 saturated heterocycles. The summed E-state index contributed by atoms with van der Waals surface area (Å²) in [5.41, 5.74) is 6.51. The maximum Gasteiger partial charge on any atom is 0.0253 e. The van der Waals surface area contributed by atoms with Crippen LogP contribution in [0.3, 0.4) is 0 Å². The van der Waals surface area contributed by atoms with Gasteiger partial charge in [0.2, 0.25) is 0 Å². The number of hydrogen-bond donors (Lipinski definition) is 1. The fourth-order valence-corrected chi connectivity index (χ4v) is 2.61. The molecule has 0 bridgehead atoms. The summed E-state index contributed by atoms with van der Waals surface area (Å²) < 4.78 is 0. The summed E-state index contributed by atoms with van der Waals surface area (Å²) in [6.45, 7) is 2.45. The molecule has 2 heteroatoms. The summed E-state index contributed by atoms with van der Waals surface area (Å²) in [7, 11) is 2.20. The highest BCUT2D eigenvalue weighted by Crippen LogP contribution is 2.35. The zero-order chi connectivity index (χ0) is 9.31. The van der Waals surface area contributed by atoms with Crippen LogP contribution in [0.2, 0.25) is 0 Å². The Kier molecular flexibility index (Phi) is 2.43. The van der Waals surface area contributed by atoms with E-state index in [0.29, 0.717) is 0 Å². The highest BCUT2D eigenvalue weighted by Gasteiger charge is 2.36. The van der Waals surface area contributed by atoms with E-state index in [0.717, 1.165) is 18.8 Å². The molecular weight excluding hydrogens is 160 g/mol. The molecule has 1 aliphatic heterocycles. The maximum atomic E-state index is 6.40. The first-order valence-corrected chi connectivity index (χ1v) is 5.33. The number of piperidine rings is 1. The van der Waals surface area contributed by atoms with Crippen molar-refractivity contribution >= 4 is 0 Å². The Hall–Kier alpha value is -0.340. The number of likely N-dealkylation sites (tertiary alicyclic amines) is 1. The third kappa shape index (κ3) is 1.79. The predicted octanol–water partition coefficient (Wildman–Crippen LogP) is 1.38.